The van der Waals surface area contributed by atoms with Gasteiger partial charge in [-0.15, -0.1) is 11.6 Å². The summed E-state index contributed by atoms with van der Waals surface area (Å²) in [6.45, 7) is 10.3. The molecular weight excluding hydrogens is 234 g/mol. The Balaban J connectivity index is 2.94. The number of aromatic nitrogens is 2. The molecule has 96 valence electrons. The van der Waals surface area contributed by atoms with E-state index in [1.165, 1.54) is 0 Å². The molecule has 0 aliphatic rings. The van der Waals surface area contributed by atoms with Gasteiger partial charge in [-0.25, -0.2) is 9.97 Å². The fourth-order valence-electron chi connectivity index (χ4n) is 1.66. The minimum absolute atomic E-state index is 0.433. The van der Waals surface area contributed by atoms with Crippen LogP contribution in [0.2, 0.25) is 0 Å². The number of anilines is 1. The van der Waals surface area contributed by atoms with Gasteiger partial charge in [-0.1, -0.05) is 13.8 Å². The van der Waals surface area contributed by atoms with Crippen LogP contribution in [-0.4, -0.2) is 28.9 Å². The van der Waals surface area contributed by atoms with Crippen molar-refractivity contribution in [2.45, 2.75) is 40.0 Å². The molecule has 0 unspecified atom stereocenters. The quantitative estimate of drug-likeness (QED) is 0.730. The van der Waals surface area contributed by atoms with Crippen LogP contribution in [0.25, 0.3) is 0 Å². The number of hydrogen-bond donors (Lipinski definition) is 0. The van der Waals surface area contributed by atoms with Crippen molar-refractivity contribution in [2.24, 2.45) is 0 Å². The van der Waals surface area contributed by atoms with Crippen molar-refractivity contribution in [3.63, 3.8) is 0 Å². The van der Waals surface area contributed by atoms with Crippen LogP contribution in [0, 0.1) is 6.92 Å². The molecule has 0 saturated carbocycles. The summed E-state index contributed by atoms with van der Waals surface area (Å²) in [5.74, 6) is 1.95. The highest BCUT2D eigenvalue weighted by molar-refractivity contribution is 6.17. The standard InChI is InChI=1S/C13H22ClN3/c1-5-17(8-6-7-14)13-15-11(4)9-12(16-13)10(2)3/h9-10H,5-8H2,1-4H3. The van der Waals surface area contributed by atoms with E-state index in [-0.39, 0.29) is 0 Å². The molecule has 0 bridgehead atoms. The molecule has 17 heavy (non-hydrogen) atoms. The van der Waals surface area contributed by atoms with Gasteiger partial charge < -0.3 is 4.90 Å². The lowest BCUT2D eigenvalue weighted by molar-refractivity contribution is 0.739. The van der Waals surface area contributed by atoms with Gasteiger partial charge in [-0.3, -0.25) is 0 Å². The molecule has 1 aromatic heterocycles. The van der Waals surface area contributed by atoms with Crippen molar-refractivity contribution >= 4 is 17.5 Å². The number of aryl methyl sites for hydroxylation is 1. The van der Waals surface area contributed by atoms with Gasteiger partial charge in [-0.2, -0.15) is 0 Å². The van der Waals surface area contributed by atoms with E-state index in [0.717, 1.165) is 36.8 Å². The van der Waals surface area contributed by atoms with Crippen molar-refractivity contribution in [3.8, 4) is 0 Å². The highest BCUT2D eigenvalue weighted by Gasteiger charge is 2.11. The summed E-state index contributed by atoms with van der Waals surface area (Å²) in [6.07, 6.45) is 0.962. The van der Waals surface area contributed by atoms with E-state index in [1.807, 2.05) is 6.92 Å². The van der Waals surface area contributed by atoms with Crippen molar-refractivity contribution in [1.82, 2.24) is 9.97 Å². The minimum atomic E-state index is 0.433. The Morgan fingerprint density at radius 2 is 2.06 bits per heavy atom. The van der Waals surface area contributed by atoms with Crippen LogP contribution < -0.4 is 4.90 Å². The summed E-state index contributed by atoms with van der Waals surface area (Å²) in [7, 11) is 0. The van der Waals surface area contributed by atoms with E-state index < -0.39 is 0 Å². The van der Waals surface area contributed by atoms with Gasteiger partial charge in [0.2, 0.25) is 5.95 Å². The SMILES string of the molecule is CCN(CCCCl)c1nc(C)cc(C(C)C)n1. The van der Waals surface area contributed by atoms with Gasteiger partial charge in [0.1, 0.15) is 0 Å². The molecule has 0 saturated heterocycles. The lowest BCUT2D eigenvalue weighted by Gasteiger charge is -2.21. The average molecular weight is 256 g/mol. The van der Waals surface area contributed by atoms with E-state index in [4.69, 9.17) is 11.6 Å². The molecule has 1 aromatic rings. The maximum Gasteiger partial charge on any atom is 0.225 e. The molecule has 0 amide bonds. The molecule has 0 N–H and O–H groups in total. The van der Waals surface area contributed by atoms with E-state index >= 15 is 0 Å². The molecule has 0 spiro atoms. The van der Waals surface area contributed by atoms with Crippen LogP contribution in [0.1, 0.15) is 44.5 Å². The van der Waals surface area contributed by atoms with Crippen LogP contribution in [0.3, 0.4) is 0 Å². The third-order valence-corrected chi connectivity index (χ3v) is 2.95. The molecule has 0 aliphatic carbocycles. The normalized spacial score (nSPS) is 10.9. The average Bonchev–Trinajstić information content (AvgIpc) is 2.29. The Kier molecular flexibility index (Phi) is 5.69. The first-order chi connectivity index (χ1) is 8.08. The molecular formula is C13H22ClN3. The Morgan fingerprint density at radius 1 is 1.35 bits per heavy atom. The number of hydrogen-bond acceptors (Lipinski definition) is 3. The number of alkyl halides is 1. The molecule has 0 aromatic carbocycles. The molecule has 0 radical (unpaired) electrons. The topological polar surface area (TPSA) is 29.0 Å². The maximum absolute atomic E-state index is 5.74. The van der Waals surface area contributed by atoms with Crippen molar-refractivity contribution in [3.05, 3.63) is 17.5 Å². The smallest absolute Gasteiger partial charge is 0.225 e. The Morgan fingerprint density at radius 3 is 2.59 bits per heavy atom. The van der Waals surface area contributed by atoms with Crippen LogP contribution in [0.15, 0.2) is 6.07 Å². The van der Waals surface area contributed by atoms with Crippen LogP contribution in [0.4, 0.5) is 5.95 Å². The van der Waals surface area contributed by atoms with Gasteiger partial charge in [0, 0.05) is 30.4 Å². The fourth-order valence-corrected chi connectivity index (χ4v) is 1.78. The second kappa shape index (κ2) is 6.80. The summed E-state index contributed by atoms with van der Waals surface area (Å²) < 4.78 is 0. The Bertz CT molecular complexity index is 353. The summed E-state index contributed by atoms with van der Waals surface area (Å²) in [5.41, 5.74) is 2.14. The van der Waals surface area contributed by atoms with Gasteiger partial charge >= 0.3 is 0 Å². The monoisotopic (exact) mass is 255 g/mol. The van der Waals surface area contributed by atoms with Gasteiger partial charge in [0.15, 0.2) is 0 Å². The van der Waals surface area contributed by atoms with Crippen molar-refractivity contribution in [1.29, 1.82) is 0 Å². The van der Waals surface area contributed by atoms with Crippen LogP contribution >= 0.6 is 11.6 Å². The predicted octanol–water partition coefficient (Wildman–Crippen LogP) is 3.36. The second-order valence-corrected chi connectivity index (χ2v) is 4.89. The molecule has 4 heteroatoms. The van der Waals surface area contributed by atoms with Crippen molar-refractivity contribution < 1.29 is 0 Å². The van der Waals surface area contributed by atoms with Crippen LogP contribution in [-0.2, 0) is 0 Å². The maximum atomic E-state index is 5.74. The lowest BCUT2D eigenvalue weighted by Crippen LogP contribution is -2.27. The fraction of sp³-hybridized carbons (Fsp3) is 0.692. The molecule has 3 nitrogen and oxygen atoms in total. The van der Waals surface area contributed by atoms with Crippen molar-refractivity contribution in [2.75, 3.05) is 23.9 Å². The van der Waals surface area contributed by atoms with Gasteiger partial charge in [0.25, 0.3) is 0 Å². The third-order valence-electron chi connectivity index (χ3n) is 2.68. The van der Waals surface area contributed by atoms with E-state index in [1.54, 1.807) is 0 Å². The minimum Gasteiger partial charge on any atom is -0.341 e. The van der Waals surface area contributed by atoms with E-state index in [9.17, 15) is 0 Å². The Hall–Kier alpha value is -0.830. The zero-order valence-electron chi connectivity index (χ0n) is 11.2. The number of nitrogens with zero attached hydrogens (tertiary/aromatic N) is 3. The number of halogens is 1. The Labute approximate surface area is 109 Å². The molecule has 0 atom stereocenters. The molecule has 1 heterocycles. The highest BCUT2D eigenvalue weighted by Crippen LogP contribution is 2.17. The first-order valence-electron chi connectivity index (χ1n) is 6.25. The molecule has 1 rings (SSSR count). The predicted molar refractivity (Wildman–Crippen MR) is 74.1 cm³/mol. The van der Waals surface area contributed by atoms with Gasteiger partial charge in [-0.05, 0) is 32.3 Å². The first kappa shape index (κ1) is 14.2. The number of rotatable bonds is 6. The highest BCUT2D eigenvalue weighted by atomic mass is 35.5. The molecule has 0 fully saturated rings. The lowest BCUT2D eigenvalue weighted by atomic mass is 10.1. The summed E-state index contributed by atoms with van der Waals surface area (Å²) in [4.78, 5) is 11.3. The largest absolute Gasteiger partial charge is 0.341 e. The summed E-state index contributed by atoms with van der Waals surface area (Å²) in [5, 5.41) is 0. The zero-order chi connectivity index (χ0) is 12.8. The van der Waals surface area contributed by atoms with Crippen LogP contribution in [0.5, 0.6) is 0 Å². The summed E-state index contributed by atoms with van der Waals surface area (Å²) in [6, 6.07) is 2.06. The van der Waals surface area contributed by atoms with E-state index in [0.29, 0.717) is 11.8 Å². The second-order valence-electron chi connectivity index (χ2n) is 4.51. The van der Waals surface area contributed by atoms with E-state index in [2.05, 4.69) is 41.7 Å². The molecule has 0 aliphatic heterocycles. The first-order valence-corrected chi connectivity index (χ1v) is 6.78. The van der Waals surface area contributed by atoms with Gasteiger partial charge in [0.05, 0.1) is 0 Å². The zero-order valence-corrected chi connectivity index (χ0v) is 12.0. The third kappa shape index (κ3) is 4.15. The summed E-state index contributed by atoms with van der Waals surface area (Å²) >= 11 is 5.74.